The lowest BCUT2D eigenvalue weighted by molar-refractivity contribution is -0.144. The molecule has 0 amide bonds. The van der Waals surface area contributed by atoms with Crippen LogP contribution in [0.1, 0.15) is 13.3 Å². The van der Waals surface area contributed by atoms with Gasteiger partial charge in [-0.3, -0.25) is 4.79 Å². The summed E-state index contributed by atoms with van der Waals surface area (Å²) in [4.78, 5) is 10.6. The van der Waals surface area contributed by atoms with Gasteiger partial charge in [-0.15, -0.1) is 0 Å². The molecule has 0 spiro atoms. The molecule has 0 unspecified atom stereocenters. The van der Waals surface area contributed by atoms with Gasteiger partial charge in [-0.05, 0) is 13.3 Å². The first-order valence-electron chi connectivity index (χ1n) is 3.05. The molecule has 0 bridgehead atoms. The van der Waals surface area contributed by atoms with Crippen LogP contribution >= 0.6 is 0 Å². The van der Waals surface area contributed by atoms with E-state index >= 15 is 0 Å². The fourth-order valence-electron chi connectivity index (χ4n) is 0.989. The van der Waals surface area contributed by atoms with E-state index in [4.69, 9.17) is 9.84 Å². The molecule has 0 saturated carbocycles. The average Bonchev–Trinajstić information content (AvgIpc) is 2.10. The van der Waals surface area contributed by atoms with Crippen LogP contribution in [0.4, 0.5) is 0 Å². The summed E-state index contributed by atoms with van der Waals surface area (Å²) in [6.45, 7) is 1.75. The summed E-state index contributed by atoms with van der Waals surface area (Å²) >= 11 is 0. The first kappa shape index (κ1) is 6.55. The topological polar surface area (TPSA) is 46.5 Å². The molecule has 1 aliphatic rings. The minimum absolute atomic E-state index is 0.00495. The number of hydrogen-bond acceptors (Lipinski definition) is 3. The predicted molar refractivity (Wildman–Crippen MR) is 30.7 cm³/mol. The number of carbonyl (C=O) groups is 1. The SMILES string of the molecule is C[C@@H]1C[C@H](CO)C(=O)O1. The van der Waals surface area contributed by atoms with Crippen LogP contribution in [0, 0.1) is 5.92 Å². The Morgan fingerprint density at radius 2 is 2.56 bits per heavy atom. The number of rotatable bonds is 1. The van der Waals surface area contributed by atoms with Gasteiger partial charge in [0.1, 0.15) is 0 Å². The van der Waals surface area contributed by atoms with Gasteiger partial charge in [0, 0.05) is 0 Å². The summed E-state index contributed by atoms with van der Waals surface area (Å²) in [6.07, 6.45) is 0.657. The third-order valence-corrected chi connectivity index (χ3v) is 1.49. The lowest BCUT2D eigenvalue weighted by Gasteiger charge is -1.95. The summed E-state index contributed by atoms with van der Waals surface area (Å²) < 4.78 is 4.77. The molecule has 3 heteroatoms. The number of ether oxygens (including phenoxy) is 1. The van der Waals surface area contributed by atoms with Crippen LogP contribution in [0.5, 0.6) is 0 Å². The molecule has 52 valence electrons. The van der Waals surface area contributed by atoms with Gasteiger partial charge in [0.25, 0.3) is 0 Å². The van der Waals surface area contributed by atoms with Gasteiger partial charge in [-0.25, -0.2) is 0 Å². The van der Waals surface area contributed by atoms with Crippen molar-refractivity contribution < 1.29 is 14.6 Å². The number of carbonyl (C=O) groups excluding carboxylic acids is 1. The maximum atomic E-state index is 10.6. The highest BCUT2D eigenvalue weighted by Gasteiger charge is 2.30. The van der Waals surface area contributed by atoms with Crippen LogP contribution in [-0.2, 0) is 9.53 Å². The molecule has 0 radical (unpaired) electrons. The Balaban J connectivity index is 2.48. The number of aliphatic hydroxyl groups excluding tert-OH is 1. The van der Waals surface area contributed by atoms with Gasteiger partial charge < -0.3 is 9.84 Å². The van der Waals surface area contributed by atoms with Crippen molar-refractivity contribution >= 4 is 5.97 Å². The van der Waals surface area contributed by atoms with E-state index in [1.165, 1.54) is 0 Å². The molecule has 1 aliphatic heterocycles. The molecule has 2 atom stereocenters. The Labute approximate surface area is 53.6 Å². The maximum absolute atomic E-state index is 10.6. The van der Waals surface area contributed by atoms with Gasteiger partial charge in [-0.2, -0.15) is 0 Å². The molecular formula is C6H10O3. The number of aliphatic hydroxyl groups is 1. The van der Waals surface area contributed by atoms with E-state index in [1.807, 2.05) is 6.92 Å². The van der Waals surface area contributed by atoms with Crippen LogP contribution < -0.4 is 0 Å². The van der Waals surface area contributed by atoms with Crippen molar-refractivity contribution in [2.45, 2.75) is 19.4 Å². The Morgan fingerprint density at radius 1 is 1.89 bits per heavy atom. The van der Waals surface area contributed by atoms with Crippen molar-refractivity contribution in [1.82, 2.24) is 0 Å². The highest BCUT2D eigenvalue weighted by Crippen LogP contribution is 2.19. The molecule has 0 aromatic carbocycles. The van der Waals surface area contributed by atoms with Crippen LogP contribution in [0.15, 0.2) is 0 Å². The number of esters is 1. The zero-order chi connectivity index (χ0) is 6.85. The van der Waals surface area contributed by atoms with Crippen molar-refractivity contribution in [3.63, 3.8) is 0 Å². The molecule has 1 N–H and O–H groups in total. The maximum Gasteiger partial charge on any atom is 0.311 e. The fraction of sp³-hybridized carbons (Fsp3) is 0.833. The number of hydrogen-bond donors (Lipinski definition) is 1. The smallest absolute Gasteiger partial charge is 0.311 e. The van der Waals surface area contributed by atoms with E-state index in [9.17, 15) is 4.79 Å². The molecule has 0 aromatic heterocycles. The van der Waals surface area contributed by atoms with Crippen molar-refractivity contribution in [1.29, 1.82) is 0 Å². The third kappa shape index (κ3) is 1.21. The summed E-state index contributed by atoms with van der Waals surface area (Å²) in [7, 11) is 0. The highest BCUT2D eigenvalue weighted by atomic mass is 16.6. The molecule has 0 aromatic rings. The van der Waals surface area contributed by atoms with Gasteiger partial charge >= 0.3 is 5.97 Å². The van der Waals surface area contributed by atoms with E-state index in [-0.39, 0.29) is 24.6 Å². The zero-order valence-electron chi connectivity index (χ0n) is 5.33. The van der Waals surface area contributed by atoms with E-state index in [1.54, 1.807) is 0 Å². The van der Waals surface area contributed by atoms with E-state index < -0.39 is 0 Å². The summed E-state index contributed by atoms with van der Waals surface area (Å²) in [5.41, 5.74) is 0. The monoisotopic (exact) mass is 130 g/mol. The fourth-order valence-corrected chi connectivity index (χ4v) is 0.989. The molecular weight excluding hydrogens is 120 g/mol. The lowest BCUT2D eigenvalue weighted by atomic mass is 10.1. The molecule has 1 heterocycles. The van der Waals surface area contributed by atoms with E-state index in [0.717, 1.165) is 0 Å². The van der Waals surface area contributed by atoms with Crippen molar-refractivity contribution in [2.24, 2.45) is 5.92 Å². The van der Waals surface area contributed by atoms with Gasteiger partial charge in [0.2, 0.25) is 0 Å². The van der Waals surface area contributed by atoms with Crippen LogP contribution in [0.3, 0.4) is 0 Å². The second-order valence-corrected chi connectivity index (χ2v) is 2.36. The number of cyclic esters (lactones) is 1. The molecule has 0 aliphatic carbocycles. The van der Waals surface area contributed by atoms with Gasteiger partial charge in [-0.1, -0.05) is 0 Å². The highest BCUT2D eigenvalue weighted by molar-refractivity contribution is 5.74. The van der Waals surface area contributed by atoms with E-state index in [0.29, 0.717) is 6.42 Å². The third-order valence-electron chi connectivity index (χ3n) is 1.49. The van der Waals surface area contributed by atoms with E-state index in [2.05, 4.69) is 0 Å². The molecule has 1 rings (SSSR count). The van der Waals surface area contributed by atoms with Crippen LogP contribution in [0.2, 0.25) is 0 Å². The van der Waals surface area contributed by atoms with Crippen molar-refractivity contribution in [3.05, 3.63) is 0 Å². The second-order valence-electron chi connectivity index (χ2n) is 2.36. The summed E-state index contributed by atoms with van der Waals surface area (Å²) in [5.74, 6) is -0.523. The quantitative estimate of drug-likeness (QED) is 0.505. The van der Waals surface area contributed by atoms with Crippen molar-refractivity contribution in [2.75, 3.05) is 6.61 Å². The predicted octanol–water partition coefficient (Wildman–Crippen LogP) is -0.0697. The first-order chi connectivity index (χ1) is 4.24. The summed E-state index contributed by atoms with van der Waals surface area (Å²) in [6, 6.07) is 0. The average molecular weight is 130 g/mol. The molecule has 1 saturated heterocycles. The normalized spacial score (nSPS) is 34.7. The Morgan fingerprint density at radius 3 is 2.78 bits per heavy atom. The Kier molecular flexibility index (Phi) is 1.71. The summed E-state index contributed by atoms with van der Waals surface area (Å²) in [5, 5.41) is 8.55. The van der Waals surface area contributed by atoms with Crippen LogP contribution in [0.25, 0.3) is 0 Å². The zero-order valence-corrected chi connectivity index (χ0v) is 5.33. The Bertz CT molecular complexity index is 121. The van der Waals surface area contributed by atoms with Crippen molar-refractivity contribution in [3.8, 4) is 0 Å². The molecule has 9 heavy (non-hydrogen) atoms. The molecule has 3 nitrogen and oxygen atoms in total. The first-order valence-corrected chi connectivity index (χ1v) is 3.05. The second kappa shape index (κ2) is 2.35. The largest absolute Gasteiger partial charge is 0.462 e. The molecule has 1 fully saturated rings. The van der Waals surface area contributed by atoms with Crippen LogP contribution in [-0.4, -0.2) is 23.8 Å². The van der Waals surface area contributed by atoms with Gasteiger partial charge in [0.05, 0.1) is 18.6 Å². The minimum atomic E-state index is -0.264. The standard InChI is InChI=1S/C6H10O3/c1-4-2-5(3-7)6(8)9-4/h4-5,7H,2-3H2,1H3/t4-,5-/m1/s1. The van der Waals surface area contributed by atoms with Gasteiger partial charge in [0.15, 0.2) is 0 Å². The Hall–Kier alpha value is -0.570. The lowest BCUT2D eigenvalue weighted by Crippen LogP contribution is -2.11. The minimum Gasteiger partial charge on any atom is -0.462 e.